The van der Waals surface area contributed by atoms with Gasteiger partial charge >= 0.3 is 0 Å². The highest BCUT2D eigenvalue weighted by atomic mass is 16.2. The van der Waals surface area contributed by atoms with Crippen molar-refractivity contribution in [1.29, 1.82) is 0 Å². The number of nitrogens with two attached hydrogens (primary N) is 1. The summed E-state index contributed by atoms with van der Waals surface area (Å²) in [5, 5.41) is 0. The minimum atomic E-state index is -0.0322. The number of amides is 1. The van der Waals surface area contributed by atoms with E-state index in [1.807, 2.05) is 4.90 Å². The average molecular weight is 235 g/mol. The molecule has 3 N–H and O–H groups in total. The van der Waals surface area contributed by atoms with E-state index in [1.165, 1.54) is 0 Å². The monoisotopic (exact) mass is 235 g/mol. The van der Waals surface area contributed by atoms with E-state index in [2.05, 4.69) is 22.4 Å². The summed E-state index contributed by atoms with van der Waals surface area (Å²) in [6.45, 7) is 3.30. The fraction of sp³-hybridized carbons (Fsp3) is 0.455. The summed E-state index contributed by atoms with van der Waals surface area (Å²) in [5.41, 5.74) is 2.88. The smallest absolute Gasteiger partial charge is 0.272 e. The molecule has 6 nitrogen and oxygen atoms in total. The van der Waals surface area contributed by atoms with Crippen LogP contribution in [0, 0.1) is 0 Å². The summed E-state index contributed by atoms with van der Waals surface area (Å²) in [7, 11) is 2.05. The molecular weight excluding hydrogens is 218 g/mol. The van der Waals surface area contributed by atoms with Gasteiger partial charge in [0.15, 0.2) is 0 Å². The van der Waals surface area contributed by atoms with E-state index in [0.29, 0.717) is 11.5 Å². The van der Waals surface area contributed by atoms with Gasteiger partial charge in [0.05, 0.1) is 0 Å². The van der Waals surface area contributed by atoms with E-state index in [4.69, 9.17) is 5.84 Å². The van der Waals surface area contributed by atoms with Gasteiger partial charge in [0.25, 0.3) is 5.91 Å². The molecule has 0 bridgehead atoms. The maximum absolute atomic E-state index is 12.2. The molecule has 0 unspecified atom stereocenters. The van der Waals surface area contributed by atoms with Crippen molar-refractivity contribution in [2.24, 2.45) is 5.84 Å². The highest BCUT2D eigenvalue weighted by Gasteiger charge is 2.21. The number of piperazine rings is 1. The van der Waals surface area contributed by atoms with Crippen molar-refractivity contribution in [1.82, 2.24) is 14.8 Å². The topological polar surface area (TPSA) is 74.5 Å². The lowest BCUT2D eigenvalue weighted by Gasteiger charge is -2.32. The predicted molar refractivity (Wildman–Crippen MR) is 65.4 cm³/mol. The van der Waals surface area contributed by atoms with Crippen LogP contribution in [0.15, 0.2) is 18.2 Å². The molecule has 1 aromatic heterocycles. The number of pyridine rings is 1. The summed E-state index contributed by atoms with van der Waals surface area (Å²) in [5.74, 6) is 5.74. The molecule has 1 fully saturated rings. The Bertz CT molecular complexity index is 401. The van der Waals surface area contributed by atoms with Gasteiger partial charge in [-0.15, -0.1) is 0 Å². The summed E-state index contributed by atoms with van der Waals surface area (Å²) < 4.78 is 0. The number of carbonyl (C=O) groups is 1. The Morgan fingerprint density at radius 3 is 2.71 bits per heavy atom. The van der Waals surface area contributed by atoms with Crippen molar-refractivity contribution in [3.8, 4) is 0 Å². The van der Waals surface area contributed by atoms with Crippen LogP contribution in [0.2, 0.25) is 0 Å². The number of nitrogen functional groups attached to an aromatic ring is 1. The number of rotatable bonds is 2. The van der Waals surface area contributed by atoms with Gasteiger partial charge < -0.3 is 15.2 Å². The van der Waals surface area contributed by atoms with Gasteiger partial charge in [-0.05, 0) is 19.2 Å². The minimum absolute atomic E-state index is 0.0322. The van der Waals surface area contributed by atoms with Gasteiger partial charge in [0.2, 0.25) is 0 Å². The summed E-state index contributed by atoms with van der Waals surface area (Å²) in [6.07, 6.45) is 0. The first-order chi connectivity index (χ1) is 8.20. The number of anilines is 1. The Morgan fingerprint density at radius 1 is 1.35 bits per heavy atom. The Labute approximate surface area is 100 Å². The van der Waals surface area contributed by atoms with Gasteiger partial charge in [0.1, 0.15) is 11.5 Å². The van der Waals surface area contributed by atoms with Crippen LogP contribution in [-0.2, 0) is 0 Å². The van der Waals surface area contributed by atoms with Gasteiger partial charge in [-0.1, -0.05) is 6.07 Å². The second-order valence-electron chi connectivity index (χ2n) is 4.15. The molecule has 92 valence electrons. The van der Waals surface area contributed by atoms with Crippen LogP contribution < -0.4 is 11.3 Å². The third-order valence-electron chi connectivity index (χ3n) is 2.91. The van der Waals surface area contributed by atoms with Crippen molar-refractivity contribution >= 4 is 11.7 Å². The molecule has 1 aliphatic rings. The largest absolute Gasteiger partial charge is 0.335 e. The Morgan fingerprint density at radius 2 is 2.06 bits per heavy atom. The highest BCUT2D eigenvalue weighted by Crippen LogP contribution is 2.08. The number of aromatic nitrogens is 1. The van der Waals surface area contributed by atoms with E-state index in [9.17, 15) is 4.79 Å². The van der Waals surface area contributed by atoms with Crippen LogP contribution in [0.1, 0.15) is 10.5 Å². The molecule has 0 aliphatic carbocycles. The molecule has 0 aromatic carbocycles. The SMILES string of the molecule is CN1CCN(C(=O)c2cccc(NN)n2)CC1. The quantitative estimate of drug-likeness (QED) is 0.546. The molecular formula is C11H17N5O. The third kappa shape index (κ3) is 2.72. The molecule has 2 heterocycles. The normalized spacial score (nSPS) is 16.9. The first kappa shape index (κ1) is 11.8. The van der Waals surface area contributed by atoms with Crippen molar-refractivity contribution in [3.05, 3.63) is 23.9 Å². The van der Waals surface area contributed by atoms with Crippen LogP contribution in [0.25, 0.3) is 0 Å². The summed E-state index contributed by atoms with van der Waals surface area (Å²) in [6, 6.07) is 5.20. The van der Waals surface area contributed by atoms with E-state index >= 15 is 0 Å². The van der Waals surface area contributed by atoms with Crippen LogP contribution in [0.3, 0.4) is 0 Å². The van der Waals surface area contributed by atoms with Gasteiger partial charge in [0, 0.05) is 26.2 Å². The molecule has 1 aliphatic heterocycles. The molecule has 2 rings (SSSR count). The van der Waals surface area contributed by atoms with Crippen LogP contribution >= 0.6 is 0 Å². The Balaban J connectivity index is 2.08. The number of nitrogens with zero attached hydrogens (tertiary/aromatic N) is 3. The number of hydrazine groups is 1. The maximum Gasteiger partial charge on any atom is 0.272 e. The van der Waals surface area contributed by atoms with E-state index in [-0.39, 0.29) is 5.91 Å². The Kier molecular flexibility index (Phi) is 3.55. The molecule has 1 saturated heterocycles. The van der Waals surface area contributed by atoms with Crippen LogP contribution in [0.4, 0.5) is 5.82 Å². The van der Waals surface area contributed by atoms with E-state index < -0.39 is 0 Å². The molecule has 0 spiro atoms. The second kappa shape index (κ2) is 5.11. The number of hydrogen-bond donors (Lipinski definition) is 2. The maximum atomic E-state index is 12.2. The molecule has 1 amide bonds. The number of carbonyl (C=O) groups excluding carboxylic acids is 1. The average Bonchev–Trinajstić information content (AvgIpc) is 2.39. The highest BCUT2D eigenvalue weighted by molar-refractivity contribution is 5.92. The van der Waals surface area contributed by atoms with Crippen LogP contribution in [0.5, 0.6) is 0 Å². The number of nitrogens with one attached hydrogen (secondary N) is 1. The van der Waals surface area contributed by atoms with Crippen molar-refractivity contribution in [2.45, 2.75) is 0 Å². The zero-order valence-corrected chi connectivity index (χ0v) is 9.89. The van der Waals surface area contributed by atoms with Crippen molar-refractivity contribution in [2.75, 3.05) is 38.7 Å². The molecule has 1 aromatic rings. The zero-order chi connectivity index (χ0) is 12.3. The lowest BCUT2D eigenvalue weighted by atomic mass is 10.2. The Hall–Kier alpha value is -1.66. The minimum Gasteiger partial charge on any atom is -0.335 e. The number of hydrogen-bond acceptors (Lipinski definition) is 5. The van der Waals surface area contributed by atoms with Crippen LogP contribution in [-0.4, -0.2) is 53.9 Å². The molecule has 0 saturated carbocycles. The number of likely N-dealkylation sites (N-methyl/N-ethyl adjacent to an activating group) is 1. The first-order valence-corrected chi connectivity index (χ1v) is 5.62. The van der Waals surface area contributed by atoms with Crippen molar-refractivity contribution in [3.63, 3.8) is 0 Å². The summed E-state index contributed by atoms with van der Waals surface area (Å²) >= 11 is 0. The second-order valence-corrected chi connectivity index (χ2v) is 4.15. The van der Waals surface area contributed by atoms with E-state index in [1.54, 1.807) is 18.2 Å². The van der Waals surface area contributed by atoms with E-state index in [0.717, 1.165) is 26.2 Å². The fourth-order valence-corrected chi connectivity index (χ4v) is 1.81. The molecule has 0 radical (unpaired) electrons. The third-order valence-corrected chi connectivity index (χ3v) is 2.91. The lowest BCUT2D eigenvalue weighted by Crippen LogP contribution is -2.47. The fourth-order valence-electron chi connectivity index (χ4n) is 1.81. The van der Waals surface area contributed by atoms with Gasteiger partial charge in [-0.25, -0.2) is 10.8 Å². The van der Waals surface area contributed by atoms with Crippen molar-refractivity contribution < 1.29 is 4.79 Å². The van der Waals surface area contributed by atoms with Gasteiger partial charge in [-0.3, -0.25) is 4.79 Å². The zero-order valence-electron chi connectivity index (χ0n) is 9.89. The lowest BCUT2D eigenvalue weighted by molar-refractivity contribution is 0.0658. The van der Waals surface area contributed by atoms with Gasteiger partial charge in [-0.2, -0.15) is 0 Å². The first-order valence-electron chi connectivity index (χ1n) is 5.62. The molecule has 0 atom stereocenters. The molecule has 17 heavy (non-hydrogen) atoms. The summed E-state index contributed by atoms with van der Waals surface area (Å²) in [4.78, 5) is 20.3. The standard InChI is InChI=1S/C11H17N5O/c1-15-5-7-16(8-6-15)11(17)9-3-2-4-10(13-9)14-12/h2-4H,5-8,12H2,1H3,(H,13,14). The predicted octanol–water partition coefficient (Wildman–Crippen LogP) is -0.245. The molecule has 6 heteroatoms.